The third-order valence-electron chi connectivity index (χ3n) is 5.12. The maximum absolute atomic E-state index is 12.0. The molecule has 13 heteroatoms. The van der Waals surface area contributed by atoms with E-state index in [1.807, 2.05) is 0 Å². The second kappa shape index (κ2) is 11.6. The van der Waals surface area contributed by atoms with Gasteiger partial charge < -0.3 is 42.6 Å². The first-order valence-electron chi connectivity index (χ1n) is 11.5. The SMILES string of the molecule is CCOC1(C)Oc2cccc(O[C@@H]3O[C@H](COC(C)=O)[C@H](OC(C)=O)C(OC(C)=O)[C@H]3OC(C)=O)c2O1. The number of fused-ring (bicyclic) bond motifs is 1. The van der Waals surface area contributed by atoms with Gasteiger partial charge in [0.05, 0.1) is 6.61 Å². The minimum absolute atomic E-state index is 0.127. The number of carbonyl (C=O) groups is 4. The van der Waals surface area contributed by atoms with E-state index in [-0.39, 0.29) is 18.1 Å². The monoisotopic (exact) mass is 526 g/mol. The number of ether oxygens (including phenoxy) is 9. The predicted octanol–water partition coefficient (Wildman–Crippen LogP) is 1.63. The first-order chi connectivity index (χ1) is 17.4. The zero-order valence-corrected chi connectivity index (χ0v) is 21.3. The van der Waals surface area contributed by atoms with Crippen molar-refractivity contribution in [2.75, 3.05) is 13.2 Å². The predicted molar refractivity (Wildman–Crippen MR) is 120 cm³/mol. The molecule has 37 heavy (non-hydrogen) atoms. The Morgan fingerprint density at radius 3 is 2.08 bits per heavy atom. The van der Waals surface area contributed by atoms with Crippen LogP contribution in [0.3, 0.4) is 0 Å². The number of hydrogen-bond donors (Lipinski definition) is 0. The van der Waals surface area contributed by atoms with Crippen LogP contribution in [0.5, 0.6) is 17.2 Å². The van der Waals surface area contributed by atoms with Gasteiger partial charge in [-0.25, -0.2) is 0 Å². The minimum atomic E-state index is -1.42. The van der Waals surface area contributed by atoms with Gasteiger partial charge in [0.25, 0.3) is 0 Å². The molecule has 0 N–H and O–H groups in total. The topological polar surface area (TPSA) is 151 Å². The highest BCUT2D eigenvalue weighted by molar-refractivity contribution is 5.68. The highest BCUT2D eigenvalue weighted by Crippen LogP contribution is 2.47. The van der Waals surface area contributed by atoms with Gasteiger partial charge in [0.15, 0.2) is 23.7 Å². The lowest BCUT2D eigenvalue weighted by Gasteiger charge is -2.43. The molecule has 0 radical (unpaired) electrons. The van der Waals surface area contributed by atoms with Crippen LogP contribution >= 0.6 is 0 Å². The number of para-hydroxylation sites is 1. The van der Waals surface area contributed by atoms with Crippen LogP contribution in [0.2, 0.25) is 0 Å². The van der Waals surface area contributed by atoms with E-state index in [1.165, 1.54) is 6.92 Å². The lowest BCUT2D eigenvalue weighted by Crippen LogP contribution is -2.63. The van der Waals surface area contributed by atoms with Gasteiger partial charge in [-0.2, -0.15) is 0 Å². The van der Waals surface area contributed by atoms with Crippen molar-refractivity contribution in [3.05, 3.63) is 18.2 Å². The van der Waals surface area contributed by atoms with E-state index in [4.69, 9.17) is 42.6 Å². The van der Waals surface area contributed by atoms with Crippen LogP contribution in [0.25, 0.3) is 0 Å². The van der Waals surface area contributed by atoms with Gasteiger partial charge in [-0.1, -0.05) is 6.07 Å². The second-order valence-corrected chi connectivity index (χ2v) is 8.27. The highest BCUT2D eigenvalue weighted by atomic mass is 16.9. The van der Waals surface area contributed by atoms with E-state index < -0.39 is 60.6 Å². The first kappa shape index (κ1) is 28.0. The molecule has 2 aliphatic rings. The van der Waals surface area contributed by atoms with Crippen molar-refractivity contribution < 1.29 is 61.8 Å². The Morgan fingerprint density at radius 1 is 0.865 bits per heavy atom. The standard InChI is InChI=1S/C24H30O13/c1-7-30-24(6)36-17-10-8-9-16(19(17)37-24)34-23-22(33-15(5)28)21(32-14(4)27)20(31-13(3)26)18(35-23)11-29-12(2)25/h8-10,18,20-23H,7,11H2,1-6H3/t18-,20+,21?,22-,23-,24?/m1/s1. The van der Waals surface area contributed by atoms with Gasteiger partial charge in [-0.15, -0.1) is 0 Å². The molecule has 2 aliphatic heterocycles. The minimum Gasteiger partial charge on any atom is -0.463 e. The van der Waals surface area contributed by atoms with Crippen LogP contribution in [0.4, 0.5) is 0 Å². The van der Waals surface area contributed by atoms with E-state index in [1.54, 1.807) is 32.0 Å². The number of hydrogen-bond acceptors (Lipinski definition) is 13. The van der Waals surface area contributed by atoms with E-state index in [9.17, 15) is 19.2 Å². The van der Waals surface area contributed by atoms with Gasteiger partial charge in [0.2, 0.25) is 18.1 Å². The summed E-state index contributed by atoms with van der Waals surface area (Å²) in [6.45, 7) is 7.86. The third-order valence-corrected chi connectivity index (χ3v) is 5.12. The summed E-state index contributed by atoms with van der Waals surface area (Å²) < 4.78 is 50.4. The largest absolute Gasteiger partial charge is 0.463 e. The molecule has 0 aromatic heterocycles. The van der Waals surface area contributed by atoms with Crippen LogP contribution in [0.15, 0.2) is 18.2 Å². The zero-order valence-electron chi connectivity index (χ0n) is 21.3. The molecule has 204 valence electrons. The second-order valence-electron chi connectivity index (χ2n) is 8.27. The lowest BCUT2D eigenvalue weighted by molar-refractivity contribution is -0.289. The molecule has 0 bridgehead atoms. The van der Waals surface area contributed by atoms with Crippen molar-refractivity contribution in [2.45, 2.75) is 78.2 Å². The number of esters is 4. The summed E-state index contributed by atoms with van der Waals surface area (Å²) in [4.78, 5) is 47.3. The molecule has 0 amide bonds. The smallest absolute Gasteiger partial charge is 0.369 e. The molecule has 0 saturated carbocycles. The summed E-state index contributed by atoms with van der Waals surface area (Å²) in [6.07, 6.45) is -6.64. The van der Waals surface area contributed by atoms with Crippen LogP contribution in [0, 0.1) is 0 Å². The molecule has 1 aromatic rings. The van der Waals surface area contributed by atoms with Crippen LogP contribution in [-0.2, 0) is 47.6 Å². The van der Waals surface area contributed by atoms with Gasteiger partial charge >= 0.3 is 29.9 Å². The summed E-state index contributed by atoms with van der Waals surface area (Å²) in [5.41, 5.74) is 0. The Morgan fingerprint density at radius 2 is 1.49 bits per heavy atom. The first-order valence-corrected chi connectivity index (χ1v) is 11.5. The quantitative estimate of drug-likeness (QED) is 0.339. The fraction of sp³-hybridized carbons (Fsp3) is 0.583. The maximum Gasteiger partial charge on any atom is 0.369 e. The van der Waals surface area contributed by atoms with Crippen molar-refractivity contribution in [3.63, 3.8) is 0 Å². The Balaban J connectivity index is 1.99. The molecule has 1 saturated heterocycles. The molecule has 6 atom stereocenters. The Hall–Kier alpha value is -3.58. The van der Waals surface area contributed by atoms with E-state index in [0.29, 0.717) is 12.4 Å². The Kier molecular flexibility index (Phi) is 8.81. The molecule has 0 aliphatic carbocycles. The molecule has 2 unspecified atom stereocenters. The molecule has 13 nitrogen and oxygen atoms in total. The molecule has 1 aromatic carbocycles. The fourth-order valence-electron chi connectivity index (χ4n) is 3.91. The molecular weight excluding hydrogens is 496 g/mol. The molecule has 1 fully saturated rings. The Labute approximate surface area is 213 Å². The third kappa shape index (κ3) is 7.01. The van der Waals surface area contributed by atoms with Gasteiger partial charge in [0.1, 0.15) is 12.7 Å². The van der Waals surface area contributed by atoms with Crippen molar-refractivity contribution in [2.24, 2.45) is 0 Å². The van der Waals surface area contributed by atoms with Gasteiger partial charge in [-0.3, -0.25) is 19.2 Å². The average molecular weight is 526 g/mol. The van der Waals surface area contributed by atoms with Crippen molar-refractivity contribution in [1.82, 2.24) is 0 Å². The van der Waals surface area contributed by atoms with E-state index in [0.717, 1.165) is 20.8 Å². The summed E-state index contributed by atoms with van der Waals surface area (Å²) >= 11 is 0. The zero-order chi connectivity index (χ0) is 27.3. The van der Waals surface area contributed by atoms with Crippen LogP contribution in [0.1, 0.15) is 41.5 Å². The molecule has 3 rings (SSSR count). The summed E-state index contributed by atoms with van der Waals surface area (Å²) in [5.74, 6) is -3.64. The van der Waals surface area contributed by atoms with Crippen molar-refractivity contribution in [3.8, 4) is 17.2 Å². The Bertz CT molecular complexity index is 1020. The van der Waals surface area contributed by atoms with Crippen molar-refractivity contribution >= 4 is 23.9 Å². The number of rotatable bonds is 9. The summed E-state index contributed by atoms with van der Waals surface area (Å²) in [5, 5.41) is 0. The normalized spacial score (nSPS) is 28.1. The fourth-order valence-corrected chi connectivity index (χ4v) is 3.91. The number of benzene rings is 1. The van der Waals surface area contributed by atoms with Crippen LogP contribution < -0.4 is 14.2 Å². The van der Waals surface area contributed by atoms with E-state index in [2.05, 4.69) is 0 Å². The molecule has 2 heterocycles. The van der Waals surface area contributed by atoms with Crippen molar-refractivity contribution in [1.29, 1.82) is 0 Å². The van der Waals surface area contributed by atoms with Gasteiger partial charge in [0, 0.05) is 34.6 Å². The summed E-state index contributed by atoms with van der Waals surface area (Å²) in [7, 11) is 0. The summed E-state index contributed by atoms with van der Waals surface area (Å²) in [6, 6.07) is 4.81. The van der Waals surface area contributed by atoms with Crippen LogP contribution in [-0.4, -0.2) is 73.8 Å². The number of carbonyl (C=O) groups excluding carboxylic acids is 4. The van der Waals surface area contributed by atoms with Gasteiger partial charge in [-0.05, 0) is 19.1 Å². The average Bonchev–Trinajstić information content (AvgIpc) is 3.12. The maximum atomic E-state index is 12.0. The molecular formula is C24H30O13. The highest BCUT2D eigenvalue weighted by Gasteiger charge is 2.54. The lowest BCUT2D eigenvalue weighted by atomic mass is 9.98. The molecule has 0 spiro atoms. The van der Waals surface area contributed by atoms with E-state index >= 15 is 0 Å².